The summed E-state index contributed by atoms with van der Waals surface area (Å²) in [4.78, 5) is 18.3. The number of phosphoric ester groups is 2. The van der Waals surface area contributed by atoms with Gasteiger partial charge < -0.3 is 34.2 Å². The zero-order valence-electron chi connectivity index (χ0n) is 12.4. The Balaban J connectivity index is 1.25. The molecule has 4 aliphatic heterocycles. The topological polar surface area (TPSA) is 180 Å². The molecule has 0 saturated carbocycles. The maximum absolute atomic E-state index is 11.2. The van der Waals surface area contributed by atoms with E-state index in [0.717, 1.165) is 0 Å². The Kier molecular flexibility index (Phi) is 4.62. The molecule has 0 aromatic rings. The van der Waals surface area contributed by atoms with Crippen molar-refractivity contribution in [1.29, 1.82) is 0 Å². The molecule has 0 amide bonds. The summed E-state index contributed by atoms with van der Waals surface area (Å²) in [6.45, 7) is -0.280. The van der Waals surface area contributed by atoms with Crippen molar-refractivity contribution in [2.45, 2.75) is 49.2 Å². The SMILES string of the molecule is O=P1(O)O[C@@H]2O[C@H](COC[C@H]3O[C@H]4OP(=O)(O)O[C@@H]4[C@@H]3O)[C@@H](O)[C@H]2O1. The molecule has 15 heteroatoms. The van der Waals surface area contributed by atoms with E-state index in [9.17, 15) is 19.3 Å². The van der Waals surface area contributed by atoms with Crippen molar-refractivity contribution >= 4 is 15.6 Å². The predicted molar refractivity (Wildman–Crippen MR) is 71.7 cm³/mol. The maximum Gasteiger partial charge on any atom is 0.475 e. The second-order valence-electron chi connectivity index (χ2n) is 5.89. The summed E-state index contributed by atoms with van der Waals surface area (Å²) in [5.41, 5.74) is 0. The van der Waals surface area contributed by atoms with Crippen molar-refractivity contribution in [3.8, 4) is 0 Å². The lowest BCUT2D eigenvalue weighted by atomic mass is 10.1. The third kappa shape index (κ3) is 3.46. The van der Waals surface area contributed by atoms with E-state index < -0.39 is 64.8 Å². The van der Waals surface area contributed by atoms with Crippen molar-refractivity contribution in [1.82, 2.24) is 0 Å². The zero-order chi connectivity index (χ0) is 18.0. The Hall–Kier alpha value is 0.0200. The van der Waals surface area contributed by atoms with E-state index in [-0.39, 0.29) is 13.2 Å². The molecule has 0 spiro atoms. The van der Waals surface area contributed by atoms with Crippen LogP contribution in [-0.2, 0) is 41.4 Å². The lowest BCUT2D eigenvalue weighted by Crippen LogP contribution is -2.37. The number of aliphatic hydroxyl groups is 2. The fourth-order valence-corrected chi connectivity index (χ4v) is 5.02. The van der Waals surface area contributed by atoms with Crippen molar-refractivity contribution in [2.75, 3.05) is 13.2 Å². The lowest BCUT2D eigenvalue weighted by Gasteiger charge is -2.20. The molecular formula is C10H16O13P2. The van der Waals surface area contributed by atoms with Gasteiger partial charge >= 0.3 is 15.6 Å². The van der Waals surface area contributed by atoms with Crippen LogP contribution in [0.25, 0.3) is 0 Å². The second-order valence-corrected chi connectivity index (χ2v) is 8.61. The summed E-state index contributed by atoms with van der Waals surface area (Å²) >= 11 is 0. The molecule has 4 heterocycles. The van der Waals surface area contributed by atoms with E-state index >= 15 is 0 Å². The van der Waals surface area contributed by atoms with Crippen LogP contribution in [-0.4, -0.2) is 82.4 Å². The number of phosphoric acid groups is 2. The zero-order valence-corrected chi connectivity index (χ0v) is 14.2. The third-order valence-electron chi connectivity index (χ3n) is 4.14. The fraction of sp³-hybridized carbons (Fsp3) is 1.00. The van der Waals surface area contributed by atoms with Gasteiger partial charge in [0.05, 0.1) is 13.2 Å². The average Bonchev–Trinajstić information content (AvgIpc) is 3.13. The molecule has 10 atom stereocenters. The van der Waals surface area contributed by atoms with E-state index in [1.54, 1.807) is 0 Å². The monoisotopic (exact) mass is 406 g/mol. The normalized spacial score (nSPS) is 57.8. The van der Waals surface area contributed by atoms with E-state index in [2.05, 4.69) is 9.05 Å². The van der Waals surface area contributed by atoms with Crippen molar-refractivity contribution < 1.29 is 61.4 Å². The second kappa shape index (κ2) is 6.28. The largest absolute Gasteiger partial charge is 0.475 e. The molecule has 4 fully saturated rings. The average molecular weight is 406 g/mol. The van der Waals surface area contributed by atoms with E-state index in [1.807, 2.05) is 0 Å². The van der Waals surface area contributed by atoms with Gasteiger partial charge in [-0.15, -0.1) is 0 Å². The Bertz CT molecular complexity index is 576. The van der Waals surface area contributed by atoms with Gasteiger partial charge in [-0.25, -0.2) is 9.13 Å². The van der Waals surface area contributed by atoms with Crippen molar-refractivity contribution in [3.05, 3.63) is 0 Å². The molecule has 0 bridgehead atoms. The van der Waals surface area contributed by atoms with Crippen LogP contribution in [0, 0.1) is 0 Å². The van der Waals surface area contributed by atoms with Gasteiger partial charge in [0, 0.05) is 0 Å². The van der Waals surface area contributed by atoms with E-state index in [1.165, 1.54) is 0 Å². The van der Waals surface area contributed by atoms with Crippen LogP contribution >= 0.6 is 15.6 Å². The third-order valence-corrected chi connectivity index (χ3v) is 6.11. The summed E-state index contributed by atoms with van der Waals surface area (Å²) in [5, 5.41) is 20.0. The van der Waals surface area contributed by atoms with Gasteiger partial charge in [-0.2, -0.15) is 0 Å². The van der Waals surface area contributed by atoms with E-state index in [0.29, 0.717) is 0 Å². The Morgan fingerprint density at radius 3 is 1.52 bits per heavy atom. The molecule has 4 rings (SSSR count). The number of ether oxygens (including phenoxy) is 3. The Morgan fingerprint density at radius 1 is 0.760 bits per heavy atom. The number of rotatable bonds is 4. The summed E-state index contributed by atoms with van der Waals surface area (Å²) in [6.07, 6.45) is -8.78. The molecule has 2 unspecified atom stereocenters. The quantitative estimate of drug-likeness (QED) is 0.385. The number of aliphatic hydroxyl groups excluding tert-OH is 2. The summed E-state index contributed by atoms with van der Waals surface area (Å²) < 4.78 is 56.9. The first-order valence-corrected chi connectivity index (χ1v) is 10.3. The molecule has 4 N–H and O–H groups in total. The van der Waals surface area contributed by atoms with E-state index in [4.69, 9.17) is 33.0 Å². The van der Waals surface area contributed by atoms with Crippen LogP contribution in [0.3, 0.4) is 0 Å². The molecule has 0 aliphatic carbocycles. The first kappa shape index (κ1) is 18.4. The van der Waals surface area contributed by atoms with Crippen LogP contribution in [0.4, 0.5) is 0 Å². The number of fused-ring (bicyclic) bond motifs is 2. The fourth-order valence-electron chi connectivity index (χ4n) is 3.00. The highest BCUT2D eigenvalue weighted by Crippen LogP contribution is 2.57. The summed E-state index contributed by atoms with van der Waals surface area (Å²) in [7, 11) is -8.42. The highest BCUT2D eigenvalue weighted by Gasteiger charge is 2.57. The summed E-state index contributed by atoms with van der Waals surface area (Å²) in [6, 6.07) is 0. The molecule has 4 aliphatic rings. The van der Waals surface area contributed by atoms with Crippen LogP contribution in [0.1, 0.15) is 0 Å². The molecule has 144 valence electrons. The number of hydrogen-bond acceptors (Lipinski definition) is 11. The highest BCUT2D eigenvalue weighted by molar-refractivity contribution is 7.47. The maximum atomic E-state index is 11.2. The summed E-state index contributed by atoms with van der Waals surface area (Å²) in [5.74, 6) is 0. The molecule has 13 nitrogen and oxygen atoms in total. The van der Waals surface area contributed by atoms with Gasteiger partial charge in [0.15, 0.2) is 12.6 Å². The van der Waals surface area contributed by atoms with Crippen LogP contribution in [0.2, 0.25) is 0 Å². The standard InChI is InChI=1S/C10H16O13P2/c11-5-3(18-9-7(5)20-24(13,14)22-9)1-17-2-4-6(12)8-10(19-4)23-25(15,16)21-8/h3-12H,1-2H2,(H,13,14)(H,15,16)/t3-,4-,5-,6-,7-,8-,9+,10+/m1/s1. The lowest BCUT2D eigenvalue weighted by molar-refractivity contribution is -0.128. The predicted octanol–water partition coefficient (Wildman–Crippen LogP) is -1.79. The van der Waals surface area contributed by atoms with Gasteiger partial charge in [0.2, 0.25) is 0 Å². The van der Waals surface area contributed by atoms with Gasteiger partial charge in [0.25, 0.3) is 0 Å². The molecule has 4 saturated heterocycles. The minimum absolute atomic E-state index is 0.140. The highest BCUT2D eigenvalue weighted by atomic mass is 31.2. The van der Waals surface area contributed by atoms with Crippen LogP contribution in [0.5, 0.6) is 0 Å². The van der Waals surface area contributed by atoms with Gasteiger partial charge in [-0.1, -0.05) is 0 Å². The van der Waals surface area contributed by atoms with Gasteiger partial charge in [0.1, 0.15) is 36.6 Å². The minimum Gasteiger partial charge on any atom is -0.387 e. The molecule has 0 radical (unpaired) electrons. The minimum atomic E-state index is -4.21. The molecule has 0 aromatic heterocycles. The van der Waals surface area contributed by atoms with Gasteiger partial charge in [-0.3, -0.25) is 18.1 Å². The molecule has 25 heavy (non-hydrogen) atoms. The Labute approximate surface area is 140 Å². The first-order valence-electron chi connectivity index (χ1n) is 7.29. The molecule has 0 aromatic carbocycles. The van der Waals surface area contributed by atoms with Crippen LogP contribution in [0.15, 0.2) is 0 Å². The smallest absolute Gasteiger partial charge is 0.387 e. The van der Waals surface area contributed by atoms with Gasteiger partial charge in [-0.05, 0) is 0 Å². The van der Waals surface area contributed by atoms with Crippen molar-refractivity contribution in [2.24, 2.45) is 0 Å². The van der Waals surface area contributed by atoms with Crippen molar-refractivity contribution in [3.63, 3.8) is 0 Å². The number of hydrogen-bond donors (Lipinski definition) is 4. The first-order chi connectivity index (χ1) is 11.7. The van der Waals surface area contributed by atoms with Crippen LogP contribution < -0.4 is 0 Å². The Morgan fingerprint density at radius 2 is 1.16 bits per heavy atom. The molecular weight excluding hydrogens is 390 g/mol.